The quantitative estimate of drug-likeness (QED) is 0.440. The van der Waals surface area contributed by atoms with Crippen molar-refractivity contribution in [3.05, 3.63) is 0 Å². The molecule has 0 saturated heterocycles. The molecule has 2 bridgehead atoms. The van der Waals surface area contributed by atoms with Crippen LogP contribution in [0.4, 0.5) is 8.78 Å². The van der Waals surface area contributed by atoms with E-state index >= 15 is 0 Å². The summed E-state index contributed by atoms with van der Waals surface area (Å²) in [5, 5.41) is 16.4. The molecule has 0 aliphatic heterocycles. The summed E-state index contributed by atoms with van der Waals surface area (Å²) in [6.45, 7) is -0.244. The second-order valence-electron chi connectivity index (χ2n) is 10.7. The Balaban J connectivity index is 1.20. The molecule has 10 heteroatoms. The minimum Gasteiger partial charge on any atom is -0.391 e. The summed E-state index contributed by atoms with van der Waals surface area (Å²) in [7, 11) is 0. The molecule has 0 radical (unpaired) electrons. The molecule has 5 rings (SSSR count). The molecule has 5 saturated carbocycles. The fraction of sp³-hybridized carbons (Fsp3) is 0.917. The maximum atomic E-state index is 13.8. The van der Waals surface area contributed by atoms with Crippen LogP contribution in [0, 0.1) is 0 Å². The van der Waals surface area contributed by atoms with Gasteiger partial charge in [0, 0.05) is 12.0 Å². The van der Waals surface area contributed by atoms with Crippen LogP contribution in [-0.4, -0.2) is 77.2 Å². The van der Waals surface area contributed by atoms with E-state index in [4.69, 9.17) is 21.1 Å². The minimum atomic E-state index is -1.13. The normalized spacial score (nSPS) is 42.2. The van der Waals surface area contributed by atoms with Gasteiger partial charge in [0.15, 0.2) is 0 Å². The van der Waals surface area contributed by atoms with Gasteiger partial charge in [-0.3, -0.25) is 9.59 Å². The summed E-state index contributed by atoms with van der Waals surface area (Å²) in [5.74, 6) is -0.545. The van der Waals surface area contributed by atoms with Gasteiger partial charge in [-0.2, -0.15) is 0 Å². The minimum absolute atomic E-state index is 0.0654. The molecular weight excluding hydrogens is 470 g/mol. The summed E-state index contributed by atoms with van der Waals surface area (Å²) in [4.78, 5) is 25.1. The van der Waals surface area contributed by atoms with Gasteiger partial charge in [0.25, 0.3) is 0 Å². The van der Waals surface area contributed by atoms with Gasteiger partial charge in [-0.1, -0.05) is 0 Å². The van der Waals surface area contributed by atoms with E-state index in [0.29, 0.717) is 70.6 Å². The first kappa shape index (κ1) is 26.0. The number of hydrogen-bond donors (Lipinski definition) is 3. The van der Waals surface area contributed by atoms with Crippen molar-refractivity contribution in [3.63, 3.8) is 0 Å². The van der Waals surface area contributed by atoms with Crippen LogP contribution in [0.1, 0.15) is 77.0 Å². The molecule has 5 fully saturated rings. The number of aliphatic hydroxyl groups is 1. The van der Waals surface area contributed by atoms with E-state index in [-0.39, 0.29) is 43.7 Å². The standard InChI is InChI=1S/C24H37ClF2N2O5/c25-18-6-5-17(11-19(18)27)34-14-22(32)29-24-9-7-23(8-10-24,12-20(24)30)28-21(31)13-33-16-3-1-15(26)2-4-16/h15-20,30H,1-14H2,(H,28,31)(H,29,32). The molecule has 5 aliphatic rings. The van der Waals surface area contributed by atoms with Crippen LogP contribution in [0.5, 0.6) is 0 Å². The van der Waals surface area contributed by atoms with E-state index in [0.717, 1.165) is 0 Å². The average Bonchev–Trinajstić information content (AvgIpc) is 2.81. The Kier molecular flexibility index (Phi) is 8.37. The third kappa shape index (κ3) is 6.20. The lowest BCUT2D eigenvalue weighted by Crippen LogP contribution is -2.70. The largest absolute Gasteiger partial charge is 0.391 e. The average molecular weight is 507 g/mol. The number of amides is 2. The Labute approximate surface area is 204 Å². The van der Waals surface area contributed by atoms with Crippen molar-refractivity contribution in [3.8, 4) is 0 Å². The highest BCUT2D eigenvalue weighted by Gasteiger charge is 2.55. The Morgan fingerprint density at radius 3 is 2.09 bits per heavy atom. The van der Waals surface area contributed by atoms with Crippen LogP contribution in [0.15, 0.2) is 0 Å². The lowest BCUT2D eigenvalue weighted by atomic mass is 9.60. The van der Waals surface area contributed by atoms with Crippen LogP contribution in [0.2, 0.25) is 0 Å². The Morgan fingerprint density at radius 1 is 0.882 bits per heavy atom. The number of halogens is 3. The highest BCUT2D eigenvalue weighted by Crippen LogP contribution is 2.47. The van der Waals surface area contributed by atoms with Gasteiger partial charge >= 0.3 is 0 Å². The summed E-state index contributed by atoms with van der Waals surface area (Å²) >= 11 is 5.90. The number of carbonyl (C=O) groups is 2. The zero-order valence-corrected chi connectivity index (χ0v) is 20.3. The molecule has 34 heavy (non-hydrogen) atoms. The number of alkyl halides is 3. The fourth-order valence-electron chi connectivity index (χ4n) is 6.08. The third-order valence-corrected chi connectivity index (χ3v) is 8.75. The van der Waals surface area contributed by atoms with Crippen LogP contribution >= 0.6 is 11.6 Å². The van der Waals surface area contributed by atoms with Crippen molar-refractivity contribution < 1.29 is 33.0 Å². The number of rotatable bonds is 8. The summed E-state index contributed by atoms with van der Waals surface area (Å²) in [5.41, 5.74) is -1.24. The van der Waals surface area contributed by atoms with Crippen LogP contribution < -0.4 is 10.6 Å². The topological polar surface area (TPSA) is 96.9 Å². The van der Waals surface area contributed by atoms with E-state index in [1.165, 1.54) is 0 Å². The van der Waals surface area contributed by atoms with Gasteiger partial charge < -0.3 is 25.2 Å². The van der Waals surface area contributed by atoms with Gasteiger partial charge in [-0.15, -0.1) is 11.6 Å². The Hall–Kier alpha value is -1.03. The van der Waals surface area contributed by atoms with Crippen LogP contribution in [-0.2, 0) is 19.1 Å². The highest BCUT2D eigenvalue weighted by molar-refractivity contribution is 6.21. The molecule has 2 amide bonds. The molecule has 7 nitrogen and oxygen atoms in total. The van der Waals surface area contributed by atoms with Gasteiger partial charge in [0.2, 0.25) is 11.8 Å². The summed E-state index contributed by atoms with van der Waals surface area (Å²) in [6, 6.07) is 0. The first-order valence-corrected chi connectivity index (χ1v) is 13.1. The van der Waals surface area contributed by atoms with Crippen molar-refractivity contribution in [2.75, 3.05) is 13.2 Å². The molecule has 0 aromatic heterocycles. The van der Waals surface area contributed by atoms with E-state index in [9.17, 15) is 23.5 Å². The fourth-order valence-corrected chi connectivity index (χ4v) is 6.31. The number of ether oxygens (including phenoxy) is 2. The smallest absolute Gasteiger partial charge is 0.246 e. The zero-order valence-electron chi connectivity index (χ0n) is 19.6. The molecule has 0 heterocycles. The Morgan fingerprint density at radius 2 is 1.47 bits per heavy atom. The predicted molar refractivity (Wildman–Crippen MR) is 122 cm³/mol. The maximum Gasteiger partial charge on any atom is 0.246 e. The maximum absolute atomic E-state index is 13.8. The van der Waals surface area contributed by atoms with Gasteiger partial charge in [0.05, 0.1) is 29.2 Å². The second kappa shape index (κ2) is 10.9. The lowest BCUT2D eigenvalue weighted by Gasteiger charge is -2.56. The van der Waals surface area contributed by atoms with Crippen molar-refractivity contribution >= 4 is 23.4 Å². The molecule has 0 aromatic rings. The molecule has 0 aromatic carbocycles. The van der Waals surface area contributed by atoms with Gasteiger partial charge in [-0.25, -0.2) is 8.78 Å². The Bertz CT molecular complexity index is 728. The van der Waals surface area contributed by atoms with Crippen LogP contribution in [0.25, 0.3) is 0 Å². The summed E-state index contributed by atoms with van der Waals surface area (Å²) < 4.78 is 38.3. The van der Waals surface area contributed by atoms with Crippen molar-refractivity contribution in [1.82, 2.24) is 10.6 Å². The first-order chi connectivity index (χ1) is 16.2. The first-order valence-electron chi connectivity index (χ1n) is 12.6. The second-order valence-corrected chi connectivity index (χ2v) is 11.3. The molecule has 194 valence electrons. The molecule has 3 N–H and O–H groups in total. The number of fused-ring (bicyclic) bond motifs is 3. The number of nitrogens with one attached hydrogen (secondary N) is 2. The van der Waals surface area contributed by atoms with E-state index in [2.05, 4.69) is 10.6 Å². The van der Waals surface area contributed by atoms with Crippen molar-refractivity contribution in [1.29, 1.82) is 0 Å². The third-order valence-electron chi connectivity index (χ3n) is 8.26. The zero-order chi connectivity index (χ0) is 24.3. The SMILES string of the molecule is O=C(COC1CCC(F)CC1)NC12CCC(NC(=O)COC3CCC(Cl)C(F)C3)(CC1)C(O)C2. The highest BCUT2D eigenvalue weighted by atomic mass is 35.5. The van der Waals surface area contributed by atoms with Crippen molar-refractivity contribution in [2.24, 2.45) is 0 Å². The number of aliphatic hydroxyl groups excluding tert-OH is 1. The van der Waals surface area contributed by atoms with E-state index in [1.54, 1.807) is 0 Å². The molecule has 4 unspecified atom stereocenters. The van der Waals surface area contributed by atoms with Crippen LogP contribution in [0.3, 0.4) is 0 Å². The summed E-state index contributed by atoms with van der Waals surface area (Å²) in [6.07, 6.45) is 3.22. The molecular formula is C24H37ClF2N2O5. The molecule has 0 spiro atoms. The van der Waals surface area contributed by atoms with E-state index in [1.807, 2.05) is 0 Å². The monoisotopic (exact) mass is 506 g/mol. The van der Waals surface area contributed by atoms with Gasteiger partial charge in [-0.05, 0) is 70.6 Å². The number of hydrogen-bond acceptors (Lipinski definition) is 5. The van der Waals surface area contributed by atoms with Gasteiger partial charge in [0.1, 0.15) is 25.6 Å². The van der Waals surface area contributed by atoms with Crippen molar-refractivity contribution in [2.45, 2.75) is 124 Å². The molecule has 4 atom stereocenters. The predicted octanol–water partition coefficient (Wildman–Crippen LogP) is 2.85. The lowest BCUT2D eigenvalue weighted by molar-refractivity contribution is -0.142. The number of carbonyl (C=O) groups excluding carboxylic acids is 2. The molecule has 5 aliphatic carbocycles. The van der Waals surface area contributed by atoms with E-state index < -0.39 is 34.9 Å².